The van der Waals surface area contributed by atoms with Crippen LogP contribution in [0.5, 0.6) is 0 Å². The number of rotatable bonds is 6. The first-order valence-corrected chi connectivity index (χ1v) is 10.7. The van der Waals surface area contributed by atoms with Crippen LogP contribution < -0.4 is 22.9 Å². The lowest BCUT2D eigenvalue weighted by molar-refractivity contribution is -0.323. The molecule has 1 aliphatic carbocycles. The average molecular weight is 469 g/mol. The Bertz CT molecular complexity index is 556. The third-order valence-electron chi connectivity index (χ3n) is 6.38. The first kappa shape index (κ1) is 26.1. The lowest BCUT2D eigenvalue weighted by Gasteiger charge is -2.46. The number of aliphatic hydroxyl groups is 6. The quantitative estimate of drug-likeness (QED) is 0.174. The van der Waals surface area contributed by atoms with E-state index in [9.17, 15) is 30.6 Å². The monoisotopic (exact) mass is 468 g/mol. The number of ether oxygens (including phenoxy) is 4. The molecule has 2 saturated heterocycles. The molecule has 2 aliphatic heterocycles. The van der Waals surface area contributed by atoms with Crippen LogP contribution in [0.4, 0.5) is 0 Å². The number of hydrogen-bond donors (Lipinski definition) is 10. The van der Waals surface area contributed by atoms with Crippen molar-refractivity contribution >= 4 is 0 Å². The lowest BCUT2D eigenvalue weighted by atomic mass is 9.86. The molecule has 0 aromatic rings. The molecule has 14 nitrogen and oxygen atoms in total. The summed E-state index contributed by atoms with van der Waals surface area (Å²) in [5.41, 5.74) is 23.4. The van der Waals surface area contributed by atoms with Gasteiger partial charge in [0.05, 0.1) is 12.2 Å². The van der Waals surface area contributed by atoms with Gasteiger partial charge in [-0.3, -0.25) is 0 Å². The van der Waals surface area contributed by atoms with Crippen molar-refractivity contribution in [1.29, 1.82) is 0 Å². The summed E-state index contributed by atoms with van der Waals surface area (Å²) in [7, 11) is 0. The van der Waals surface area contributed by atoms with Gasteiger partial charge in [-0.05, 0) is 6.42 Å². The highest BCUT2D eigenvalue weighted by molar-refractivity contribution is 4.96. The Balaban J connectivity index is 1.66. The summed E-state index contributed by atoms with van der Waals surface area (Å²) in [5.74, 6) is 0. The van der Waals surface area contributed by atoms with E-state index >= 15 is 0 Å². The summed E-state index contributed by atoms with van der Waals surface area (Å²) in [6.07, 6.45) is -14.5. The summed E-state index contributed by atoms with van der Waals surface area (Å²) in [5, 5.41) is 60.5. The zero-order valence-electron chi connectivity index (χ0n) is 17.5. The fourth-order valence-electron chi connectivity index (χ4n) is 4.30. The van der Waals surface area contributed by atoms with Gasteiger partial charge < -0.3 is 72.5 Å². The van der Waals surface area contributed by atoms with Crippen molar-refractivity contribution < 1.29 is 49.6 Å². The van der Waals surface area contributed by atoms with Gasteiger partial charge in [0, 0.05) is 31.6 Å². The Labute approximate surface area is 185 Å². The highest BCUT2D eigenvalue weighted by atomic mass is 16.7. The minimum absolute atomic E-state index is 0.106. The normalized spacial score (nSPS) is 52.7. The van der Waals surface area contributed by atoms with Crippen LogP contribution in [0.15, 0.2) is 0 Å². The van der Waals surface area contributed by atoms with Gasteiger partial charge in [-0.2, -0.15) is 0 Å². The van der Waals surface area contributed by atoms with Crippen LogP contribution in [0.25, 0.3) is 0 Å². The van der Waals surface area contributed by atoms with Gasteiger partial charge >= 0.3 is 0 Å². The van der Waals surface area contributed by atoms with Crippen LogP contribution in [0.2, 0.25) is 0 Å². The third kappa shape index (κ3) is 5.24. The van der Waals surface area contributed by atoms with Gasteiger partial charge in [-0.25, -0.2) is 0 Å². The molecule has 0 spiro atoms. The van der Waals surface area contributed by atoms with Gasteiger partial charge in [0.25, 0.3) is 0 Å². The number of aliphatic hydroxyl groups excluding tert-OH is 6. The summed E-state index contributed by atoms with van der Waals surface area (Å²) < 4.78 is 22.6. The highest BCUT2D eigenvalue weighted by Gasteiger charge is 2.48. The predicted molar refractivity (Wildman–Crippen MR) is 106 cm³/mol. The van der Waals surface area contributed by atoms with E-state index in [2.05, 4.69) is 0 Å². The second-order valence-electron chi connectivity index (χ2n) is 8.65. The zero-order valence-corrected chi connectivity index (χ0v) is 17.5. The summed E-state index contributed by atoms with van der Waals surface area (Å²) in [6.45, 7) is -0.211. The van der Waals surface area contributed by atoms with Crippen molar-refractivity contribution in [1.82, 2.24) is 0 Å². The fourth-order valence-corrected chi connectivity index (χ4v) is 4.30. The SMILES string of the molecule is NC[C@H]1O[C@H](O[C@@H]2C[C@@H](O[C@@H]3O[C@H](CN)[C@@H](O)[C@H](O)[C@H]3O)[C@H](N)C[C@H]2N)[C@H](O)[C@@H](O)[C@@H]1O. The Morgan fingerprint density at radius 2 is 0.969 bits per heavy atom. The van der Waals surface area contributed by atoms with E-state index in [-0.39, 0.29) is 25.9 Å². The Morgan fingerprint density at radius 1 is 0.594 bits per heavy atom. The summed E-state index contributed by atoms with van der Waals surface area (Å²) >= 11 is 0. The van der Waals surface area contributed by atoms with E-state index in [1.54, 1.807) is 0 Å². The molecule has 14 heteroatoms. The van der Waals surface area contributed by atoms with Crippen LogP contribution in [0.3, 0.4) is 0 Å². The summed E-state index contributed by atoms with van der Waals surface area (Å²) in [6, 6.07) is -1.13. The number of nitrogens with two attached hydrogens (primary N) is 4. The van der Waals surface area contributed by atoms with Gasteiger partial charge in [0.2, 0.25) is 0 Å². The molecule has 0 unspecified atom stereocenters. The second kappa shape index (κ2) is 10.8. The first-order valence-electron chi connectivity index (χ1n) is 10.7. The van der Waals surface area contributed by atoms with Crippen molar-refractivity contribution in [3.8, 4) is 0 Å². The first-order chi connectivity index (χ1) is 15.1. The minimum atomic E-state index is -1.54. The molecular formula is C18H36N4O10. The van der Waals surface area contributed by atoms with Crippen molar-refractivity contribution in [3.05, 3.63) is 0 Å². The molecule has 14 atom stereocenters. The van der Waals surface area contributed by atoms with Gasteiger partial charge in [-0.15, -0.1) is 0 Å². The predicted octanol–water partition coefficient (Wildman–Crippen LogP) is -6.26. The second-order valence-corrected chi connectivity index (χ2v) is 8.65. The largest absolute Gasteiger partial charge is 0.388 e. The Morgan fingerprint density at radius 3 is 1.31 bits per heavy atom. The third-order valence-corrected chi connectivity index (χ3v) is 6.38. The van der Waals surface area contributed by atoms with E-state index in [1.807, 2.05) is 0 Å². The maximum Gasteiger partial charge on any atom is 0.186 e. The zero-order chi connectivity index (χ0) is 23.7. The van der Waals surface area contributed by atoms with Crippen molar-refractivity contribution in [2.45, 2.75) is 98.5 Å². The van der Waals surface area contributed by atoms with Crippen LogP contribution in [-0.2, 0) is 18.9 Å². The van der Waals surface area contributed by atoms with Crippen molar-refractivity contribution in [2.75, 3.05) is 13.1 Å². The van der Waals surface area contributed by atoms with E-state index < -0.39 is 85.7 Å². The molecule has 0 bridgehead atoms. The highest BCUT2D eigenvalue weighted by Crippen LogP contribution is 2.31. The molecule has 14 N–H and O–H groups in total. The van der Waals surface area contributed by atoms with E-state index in [4.69, 9.17) is 41.9 Å². The van der Waals surface area contributed by atoms with Crippen LogP contribution in [-0.4, -0.2) is 129 Å². The molecule has 0 aromatic heterocycles. The average Bonchev–Trinajstić information content (AvgIpc) is 2.77. The van der Waals surface area contributed by atoms with Crippen molar-refractivity contribution in [2.24, 2.45) is 22.9 Å². The fraction of sp³-hybridized carbons (Fsp3) is 1.00. The standard InChI is InChI=1S/C18H36N4O10/c19-3-9-11(23)13(25)15(27)17(31-9)29-7-2-8(6(22)1-5(7)21)30-18-16(28)14(26)12(24)10(4-20)32-18/h5-18,23-28H,1-4,19-22H2/t5-,6-,7-,8-,9-,10-,11-,12-,13+,14+,15-,16-,17-,18+/m1/s1. The molecular weight excluding hydrogens is 432 g/mol. The molecule has 0 amide bonds. The number of hydrogen-bond acceptors (Lipinski definition) is 14. The minimum Gasteiger partial charge on any atom is -0.388 e. The van der Waals surface area contributed by atoms with E-state index in [0.29, 0.717) is 0 Å². The van der Waals surface area contributed by atoms with Crippen LogP contribution in [0, 0.1) is 0 Å². The molecule has 0 radical (unpaired) electrons. The molecule has 188 valence electrons. The van der Waals surface area contributed by atoms with Gasteiger partial charge in [-0.1, -0.05) is 0 Å². The molecule has 32 heavy (non-hydrogen) atoms. The maximum atomic E-state index is 10.2. The smallest absolute Gasteiger partial charge is 0.186 e. The molecule has 2 heterocycles. The molecule has 3 fully saturated rings. The van der Waals surface area contributed by atoms with Gasteiger partial charge in [0.15, 0.2) is 12.6 Å². The van der Waals surface area contributed by atoms with E-state index in [0.717, 1.165) is 0 Å². The Kier molecular flexibility index (Phi) is 8.79. The van der Waals surface area contributed by atoms with Crippen LogP contribution >= 0.6 is 0 Å². The van der Waals surface area contributed by atoms with E-state index in [1.165, 1.54) is 0 Å². The van der Waals surface area contributed by atoms with Crippen LogP contribution in [0.1, 0.15) is 12.8 Å². The van der Waals surface area contributed by atoms with Crippen molar-refractivity contribution in [3.63, 3.8) is 0 Å². The topological polar surface area (TPSA) is 262 Å². The lowest BCUT2D eigenvalue weighted by Crippen LogP contribution is -2.64. The molecule has 3 rings (SSSR count). The van der Waals surface area contributed by atoms with Gasteiger partial charge in [0.1, 0.15) is 48.8 Å². The maximum absolute atomic E-state index is 10.2. The Hall–Kier alpha value is -0.560. The molecule has 3 aliphatic rings. The molecule has 1 saturated carbocycles. The summed E-state index contributed by atoms with van der Waals surface area (Å²) in [4.78, 5) is 0. The molecule has 0 aromatic carbocycles.